The summed E-state index contributed by atoms with van der Waals surface area (Å²) in [5.41, 5.74) is 7.52. The molecule has 1 aliphatic rings. The summed E-state index contributed by atoms with van der Waals surface area (Å²) in [5.74, 6) is 1.72. The third-order valence-corrected chi connectivity index (χ3v) is 5.88. The molecule has 1 aliphatic carbocycles. The van der Waals surface area contributed by atoms with Crippen molar-refractivity contribution in [2.45, 2.75) is 45.4 Å². The highest BCUT2D eigenvalue weighted by molar-refractivity contribution is 5.55. The van der Waals surface area contributed by atoms with Gasteiger partial charge in [0.25, 0.3) is 0 Å². The Morgan fingerprint density at radius 2 is 2.00 bits per heavy atom. The molecule has 0 aliphatic heterocycles. The van der Waals surface area contributed by atoms with Crippen LogP contribution < -0.4 is 10.5 Å². The molecule has 0 saturated heterocycles. The molecular weight excluding hydrogens is 368 g/mol. The van der Waals surface area contributed by atoms with E-state index < -0.39 is 5.54 Å². The molecule has 1 aromatic carbocycles. The van der Waals surface area contributed by atoms with E-state index in [0.29, 0.717) is 31.3 Å². The molecule has 0 amide bonds. The maximum absolute atomic E-state index is 6.63. The van der Waals surface area contributed by atoms with Crippen LogP contribution in [0, 0.1) is 5.41 Å². The quantitative estimate of drug-likeness (QED) is 0.652. The lowest BCUT2D eigenvalue weighted by molar-refractivity contribution is -0.162. The van der Waals surface area contributed by atoms with Gasteiger partial charge in [0.1, 0.15) is 17.9 Å². The Bertz CT molecular complexity index is 956. The van der Waals surface area contributed by atoms with E-state index in [4.69, 9.17) is 19.7 Å². The number of rotatable bonds is 7. The minimum absolute atomic E-state index is 0.0871. The third kappa shape index (κ3) is 3.52. The van der Waals surface area contributed by atoms with E-state index in [1.807, 2.05) is 43.3 Å². The summed E-state index contributed by atoms with van der Waals surface area (Å²) in [4.78, 5) is 8.66. The van der Waals surface area contributed by atoms with Crippen molar-refractivity contribution in [1.82, 2.24) is 15.1 Å². The Hall–Kier alpha value is -2.77. The molecule has 2 heterocycles. The fourth-order valence-electron chi connectivity index (χ4n) is 3.67. The molecule has 29 heavy (non-hydrogen) atoms. The average molecular weight is 394 g/mol. The van der Waals surface area contributed by atoms with Gasteiger partial charge in [0.05, 0.1) is 6.10 Å². The maximum atomic E-state index is 6.63. The molecule has 7 nitrogen and oxygen atoms in total. The van der Waals surface area contributed by atoms with E-state index >= 15 is 0 Å². The van der Waals surface area contributed by atoms with Crippen molar-refractivity contribution in [3.8, 4) is 17.1 Å². The van der Waals surface area contributed by atoms with Gasteiger partial charge in [-0.15, -0.1) is 0 Å². The molecule has 0 bridgehead atoms. The van der Waals surface area contributed by atoms with Crippen LogP contribution in [0.4, 0.5) is 0 Å². The van der Waals surface area contributed by atoms with Crippen molar-refractivity contribution in [3.63, 3.8) is 0 Å². The highest BCUT2D eigenvalue weighted by Crippen LogP contribution is 2.55. The summed E-state index contributed by atoms with van der Waals surface area (Å²) >= 11 is 0. The average Bonchev–Trinajstić information content (AvgIpc) is 3.24. The van der Waals surface area contributed by atoms with Crippen LogP contribution in [0.1, 0.15) is 38.6 Å². The van der Waals surface area contributed by atoms with Gasteiger partial charge < -0.3 is 19.7 Å². The first-order valence-electron chi connectivity index (χ1n) is 9.81. The zero-order valence-electron chi connectivity index (χ0n) is 17.0. The summed E-state index contributed by atoms with van der Waals surface area (Å²) in [6, 6.07) is 11.5. The number of benzene rings is 1. The number of ether oxygens (including phenoxy) is 2. The maximum Gasteiger partial charge on any atom is 0.247 e. The highest BCUT2D eigenvalue weighted by atomic mass is 16.5. The Balaban J connectivity index is 1.44. The first-order chi connectivity index (χ1) is 13.9. The van der Waals surface area contributed by atoms with Gasteiger partial charge in [-0.1, -0.05) is 25.1 Å². The smallest absolute Gasteiger partial charge is 0.247 e. The van der Waals surface area contributed by atoms with Gasteiger partial charge in [0.15, 0.2) is 0 Å². The van der Waals surface area contributed by atoms with Crippen molar-refractivity contribution in [3.05, 3.63) is 60.2 Å². The fraction of sp³-hybridized carbons (Fsp3) is 0.409. The van der Waals surface area contributed by atoms with E-state index in [1.165, 1.54) is 0 Å². The topological polar surface area (TPSA) is 96.3 Å². The second kappa shape index (κ2) is 7.57. The van der Waals surface area contributed by atoms with Crippen molar-refractivity contribution in [2.24, 2.45) is 11.1 Å². The van der Waals surface area contributed by atoms with E-state index in [0.717, 1.165) is 16.9 Å². The molecule has 2 unspecified atom stereocenters. The van der Waals surface area contributed by atoms with Crippen LogP contribution in [0.25, 0.3) is 11.4 Å². The summed E-state index contributed by atoms with van der Waals surface area (Å²) in [7, 11) is 0. The van der Waals surface area contributed by atoms with Gasteiger partial charge in [0, 0.05) is 42.0 Å². The van der Waals surface area contributed by atoms with Gasteiger partial charge in [0.2, 0.25) is 11.7 Å². The summed E-state index contributed by atoms with van der Waals surface area (Å²) in [5, 5.41) is 4.14. The minimum Gasteiger partial charge on any atom is -0.489 e. The van der Waals surface area contributed by atoms with Crippen LogP contribution in [0.5, 0.6) is 5.75 Å². The monoisotopic (exact) mass is 394 g/mol. The number of pyridine rings is 1. The molecule has 1 fully saturated rings. The lowest BCUT2D eigenvalue weighted by Crippen LogP contribution is -2.67. The minimum atomic E-state index is -0.690. The molecule has 4 rings (SSSR count). The first-order valence-corrected chi connectivity index (χ1v) is 9.81. The zero-order valence-corrected chi connectivity index (χ0v) is 17.0. The van der Waals surface area contributed by atoms with Crippen LogP contribution in [-0.2, 0) is 16.9 Å². The van der Waals surface area contributed by atoms with Crippen molar-refractivity contribution < 1.29 is 14.0 Å². The normalized spacial score (nSPS) is 22.8. The van der Waals surface area contributed by atoms with E-state index in [-0.39, 0.29) is 11.5 Å². The predicted octanol–water partition coefficient (Wildman–Crippen LogP) is 3.70. The first kappa shape index (κ1) is 19.5. The third-order valence-electron chi connectivity index (χ3n) is 5.88. The molecule has 7 heteroatoms. The Morgan fingerprint density at radius 1 is 1.21 bits per heavy atom. The molecule has 3 aromatic rings. The van der Waals surface area contributed by atoms with Crippen molar-refractivity contribution in [1.29, 1.82) is 0 Å². The van der Waals surface area contributed by atoms with Crippen LogP contribution in [-0.4, -0.2) is 27.8 Å². The standard InChI is InChI=1S/C22H26N4O3/c1-4-27-18-12-22(23,21(18,2)3)20-25-19(26-29-20)16-7-9-17(10-8-16)28-14-15-6-5-11-24-13-15/h5-11,13,18H,4,12,14,23H2,1-3H3. The SMILES string of the molecule is CCOC1CC(N)(c2nc(-c3ccc(OCc4cccnc4)cc3)no2)C1(C)C. The number of nitrogens with zero attached hydrogens (tertiary/aromatic N) is 3. The number of nitrogens with two attached hydrogens (primary N) is 1. The second-order valence-electron chi connectivity index (χ2n) is 7.94. The lowest BCUT2D eigenvalue weighted by Gasteiger charge is -2.56. The molecular formula is C22H26N4O3. The van der Waals surface area contributed by atoms with Crippen LogP contribution in [0.15, 0.2) is 53.3 Å². The van der Waals surface area contributed by atoms with Gasteiger partial charge >= 0.3 is 0 Å². The van der Waals surface area contributed by atoms with Gasteiger partial charge in [-0.3, -0.25) is 4.98 Å². The Labute approximate surface area is 170 Å². The van der Waals surface area contributed by atoms with Crippen LogP contribution >= 0.6 is 0 Å². The van der Waals surface area contributed by atoms with Crippen LogP contribution in [0.3, 0.4) is 0 Å². The molecule has 2 atom stereocenters. The molecule has 152 valence electrons. The predicted molar refractivity (Wildman–Crippen MR) is 108 cm³/mol. The van der Waals surface area contributed by atoms with Crippen molar-refractivity contribution >= 4 is 0 Å². The summed E-state index contributed by atoms with van der Waals surface area (Å²) < 4.78 is 17.1. The zero-order chi connectivity index (χ0) is 20.5. The van der Waals surface area contributed by atoms with Gasteiger partial charge in [-0.2, -0.15) is 4.98 Å². The molecule has 2 aromatic heterocycles. The van der Waals surface area contributed by atoms with Crippen LogP contribution in [0.2, 0.25) is 0 Å². The molecule has 1 saturated carbocycles. The molecule has 0 spiro atoms. The second-order valence-corrected chi connectivity index (χ2v) is 7.94. The summed E-state index contributed by atoms with van der Waals surface area (Å²) in [6.45, 7) is 7.27. The highest BCUT2D eigenvalue weighted by Gasteiger charge is 2.62. The number of aromatic nitrogens is 3. The number of hydrogen-bond donors (Lipinski definition) is 1. The Morgan fingerprint density at radius 3 is 2.66 bits per heavy atom. The molecule has 2 N–H and O–H groups in total. The largest absolute Gasteiger partial charge is 0.489 e. The van der Waals surface area contributed by atoms with Gasteiger partial charge in [-0.25, -0.2) is 0 Å². The Kier molecular flexibility index (Phi) is 5.10. The molecule has 0 radical (unpaired) electrons. The lowest BCUT2D eigenvalue weighted by atomic mass is 9.54. The van der Waals surface area contributed by atoms with Crippen molar-refractivity contribution in [2.75, 3.05) is 6.61 Å². The fourth-order valence-corrected chi connectivity index (χ4v) is 3.67. The van der Waals surface area contributed by atoms with Gasteiger partial charge in [-0.05, 0) is 37.3 Å². The summed E-state index contributed by atoms with van der Waals surface area (Å²) in [6.07, 6.45) is 4.28. The number of hydrogen-bond acceptors (Lipinski definition) is 7. The van der Waals surface area contributed by atoms with E-state index in [9.17, 15) is 0 Å². The van der Waals surface area contributed by atoms with E-state index in [2.05, 4.69) is 29.0 Å². The van der Waals surface area contributed by atoms with E-state index in [1.54, 1.807) is 12.4 Å².